The Bertz CT molecular complexity index is 734. The van der Waals surface area contributed by atoms with Gasteiger partial charge in [0.2, 0.25) is 6.41 Å². The zero-order chi connectivity index (χ0) is 19.6. The fourth-order valence-electron chi connectivity index (χ4n) is 2.63. The molecule has 0 spiro atoms. The summed E-state index contributed by atoms with van der Waals surface area (Å²) in [6.07, 6.45) is 10.4. The molecule has 2 aliphatic carbocycles. The van der Waals surface area contributed by atoms with Crippen LogP contribution in [0.1, 0.15) is 12.8 Å². The number of carbonyl (C=O) groups excluding carboxylic acids is 1. The topological polar surface area (TPSA) is 64.8 Å². The van der Waals surface area contributed by atoms with Crippen molar-refractivity contribution in [2.45, 2.75) is 12.8 Å². The summed E-state index contributed by atoms with van der Waals surface area (Å²) in [5.41, 5.74) is 6.64. The van der Waals surface area contributed by atoms with Crippen LogP contribution in [0, 0.1) is 0 Å². The van der Waals surface area contributed by atoms with Gasteiger partial charge in [-0.05, 0) is 23.8 Å². The lowest BCUT2D eigenvalue weighted by atomic mass is 10.2. The van der Waals surface area contributed by atoms with Crippen molar-refractivity contribution in [2.24, 2.45) is 5.73 Å². The van der Waals surface area contributed by atoms with E-state index in [9.17, 15) is 13.6 Å². The first-order chi connectivity index (χ1) is 13.1. The highest BCUT2D eigenvalue weighted by Crippen LogP contribution is 2.24. The molecule has 2 aliphatic rings. The van der Waals surface area contributed by atoms with E-state index in [1.165, 1.54) is 25.3 Å². The summed E-state index contributed by atoms with van der Waals surface area (Å²) in [4.78, 5) is 12.7. The predicted molar refractivity (Wildman–Crippen MR) is 99.6 cm³/mol. The molecule has 5 nitrogen and oxygen atoms in total. The number of amides is 1. The van der Waals surface area contributed by atoms with Crippen LogP contribution in [0.2, 0.25) is 0 Å². The second-order valence-electron chi connectivity index (χ2n) is 6.03. The van der Waals surface area contributed by atoms with E-state index in [4.69, 9.17) is 15.2 Å². The maximum Gasteiger partial charge on any atom is 0.210 e. The molecular formula is C20H24F2N2O3. The van der Waals surface area contributed by atoms with Crippen molar-refractivity contribution in [3.05, 3.63) is 70.8 Å². The number of hydrogen-bond donors (Lipinski definition) is 1. The Morgan fingerprint density at radius 3 is 2.78 bits per heavy atom. The van der Waals surface area contributed by atoms with E-state index in [2.05, 4.69) is 0 Å². The van der Waals surface area contributed by atoms with Gasteiger partial charge in [0, 0.05) is 38.0 Å². The van der Waals surface area contributed by atoms with E-state index in [0.717, 1.165) is 12.0 Å². The zero-order valence-electron chi connectivity index (χ0n) is 15.3. The Labute approximate surface area is 157 Å². The number of halogens is 2. The number of carbonyl (C=O) groups is 1. The van der Waals surface area contributed by atoms with Crippen molar-refractivity contribution in [3.63, 3.8) is 0 Å². The maximum absolute atomic E-state index is 14.0. The van der Waals surface area contributed by atoms with Gasteiger partial charge in [0.25, 0.3) is 0 Å². The van der Waals surface area contributed by atoms with Crippen molar-refractivity contribution in [1.82, 2.24) is 4.90 Å². The first-order valence-electron chi connectivity index (χ1n) is 8.65. The van der Waals surface area contributed by atoms with Gasteiger partial charge < -0.3 is 20.1 Å². The van der Waals surface area contributed by atoms with E-state index < -0.39 is 11.7 Å². The molecule has 7 heteroatoms. The molecule has 2 N–H and O–H groups in total. The Morgan fingerprint density at radius 2 is 2.07 bits per heavy atom. The number of methoxy groups -OCH3 is 1. The van der Waals surface area contributed by atoms with Gasteiger partial charge in [0.15, 0.2) is 5.76 Å². The normalized spacial score (nSPS) is 17.2. The minimum absolute atomic E-state index is 0.0315. The van der Waals surface area contributed by atoms with Crippen molar-refractivity contribution >= 4 is 6.41 Å². The minimum atomic E-state index is -0.473. The van der Waals surface area contributed by atoms with Gasteiger partial charge in [-0.1, -0.05) is 18.2 Å². The van der Waals surface area contributed by atoms with Crippen LogP contribution in [0.3, 0.4) is 0 Å². The summed E-state index contributed by atoms with van der Waals surface area (Å²) in [5.74, 6) is 0.129. The van der Waals surface area contributed by atoms with E-state index >= 15 is 0 Å². The van der Waals surface area contributed by atoms with Gasteiger partial charge >= 0.3 is 0 Å². The van der Waals surface area contributed by atoms with Gasteiger partial charge in [-0.15, -0.1) is 0 Å². The van der Waals surface area contributed by atoms with Crippen LogP contribution in [0.15, 0.2) is 70.8 Å². The van der Waals surface area contributed by atoms with Crippen LogP contribution in [0.5, 0.6) is 0 Å². The molecule has 146 valence electrons. The smallest absolute Gasteiger partial charge is 0.210 e. The highest BCUT2D eigenvalue weighted by molar-refractivity contribution is 5.49. The molecule has 0 saturated heterocycles. The lowest BCUT2D eigenvalue weighted by molar-refractivity contribution is -0.117. The molecule has 0 aromatic heterocycles. The molecule has 0 radical (unpaired) electrons. The molecule has 0 heterocycles. The van der Waals surface area contributed by atoms with Crippen molar-refractivity contribution in [3.8, 4) is 0 Å². The SMILES string of the molecule is COC1=C(OCC2=C(F)CC=C(F)C=C2)CC=CC(CN(C=O)CCN)=C1. The first-order valence-corrected chi connectivity index (χ1v) is 8.65. The Kier molecular flexibility index (Phi) is 8.00. The summed E-state index contributed by atoms with van der Waals surface area (Å²) in [6.45, 7) is 1.19. The number of allylic oxidation sites excluding steroid dienone is 6. The molecule has 0 fully saturated rings. The average molecular weight is 378 g/mol. The quantitative estimate of drug-likeness (QED) is 0.626. The van der Waals surface area contributed by atoms with Crippen LogP contribution in [0.25, 0.3) is 0 Å². The number of rotatable bonds is 9. The summed E-state index contributed by atoms with van der Waals surface area (Å²) in [6, 6.07) is 0. The molecule has 0 bridgehead atoms. The van der Waals surface area contributed by atoms with Gasteiger partial charge in [-0.25, -0.2) is 8.78 Å². The molecule has 0 atom stereocenters. The summed E-state index contributed by atoms with van der Waals surface area (Å²) in [5, 5.41) is 0. The first kappa shape index (κ1) is 20.6. The van der Waals surface area contributed by atoms with Crippen molar-refractivity contribution < 1.29 is 23.0 Å². The Morgan fingerprint density at radius 1 is 1.26 bits per heavy atom. The molecule has 0 aliphatic heterocycles. The largest absolute Gasteiger partial charge is 0.493 e. The molecule has 1 amide bonds. The van der Waals surface area contributed by atoms with Crippen LogP contribution in [-0.2, 0) is 14.3 Å². The molecule has 0 aromatic rings. The van der Waals surface area contributed by atoms with E-state index in [-0.39, 0.29) is 18.6 Å². The summed E-state index contributed by atoms with van der Waals surface area (Å²) >= 11 is 0. The van der Waals surface area contributed by atoms with Crippen LogP contribution in [-0.4, -0.2) is 44.7 Å². The molecule has 0 aromatic carbocycles. The summed E-state index contributed by atoms with van der Waals surface area (Å²) < 4.78 is 38.4. The van der Waals surface area contributed by atoms with E-state index in [1.54, 1.807) is 11.0 Å². The number of hydrogen-bond acceptors (Lipinski definition) is 4. The van der Waals surface area contributed by atoms with Crippen molar-refractivity contribution in [1.29, 1.82) is 0 Å². The molecule has 0 unspecified atom stereocenters. The fraction of sp³-hybridized carbons (Fsp3) is 0.350. The summed E-state index contributed by atoms with van der Waals surface area (Å²) in [7, 11) is 1.51. The molecule has 27 heavy (non-hydrogen) atoms. The van der Waals surface area contributed by atoms with E-state index in [1.807, 2.05) is 12.2 Å². The zero-order valence-corrected chi connectivity index (χ0v) is 15.3. The maximum atomic E-state index is 14.0. The van der Waals surface area contributed by atoms with Gasteiger partial charge in [-0.3, -0.25) is 4.79 Å². The average Bonchev–Trinajstić information content (AvgIpc) is 2.96. The van der Waals surface area contributed by atoms with Crippen LogP contribution < -0.4 is 5.73 Å². The van der Waals surface area contributed by atoms with Crippen LogP contribution >= 0.6 is 0 Å². The molecule has 2 rings (SSSR count). The predicted octanol–water partition coefficient (Wildman–Crippen LogP) is 3.20. The highest BCUT2D eigenvalue weighted by atomic mass is 19.1. The second-order valence-corrected chi connectivity index (χ2v) is 6.03. The van der Waals surface area contributed by atoms with Crippen molar-refractivity contribution in [2.75, 3.05) is 33.4 Å². The van der Waals surface area contributed by atoms with Gasteiger partial charge in [-0.2, -0.15) is 0 Å². The third-order valence-electron chi connectivity index (χ3n) is 4.07. The number of nitrogens with two attached hydrogens (primary N) is 1. The number of nitrogens with zero attached hydrogens (tertiary/aromatic N) is 1. The van der Waals surface area contributed by atoms with Gasteiger partial charge in [0.1, 0.15) is 24.0 Å². The Hall–Kier alpha value is -2.67. The monoisotopic (exact) mass is 378 g/mol. The second kappa shape index (κ2) is 10.5. The molecule has 0 saturated carbocycles. The molecular weight excluding hydrogens is 354 g/mol. The Balaban J connectivity index is 2.12. The van der Waals surface area contributed by atoms with E-state index in [0.29, 0.717) is 37.6 Å². The minimum Gasteiger partial charge on any atom is -0.493 e. The standard InChI is InChI=1S/C20H24F2N2O3/c1-26-20-11-15(12-24(14-25)10-9-23)3-2-4-19(20)27-13-16-5-6-17(21)7-8-18(16)22/h2-3,5-7,11,14H,4,8-10,12-13,23H2,1H3. The number of ether oxygens (including phenoxy) is 2. The van der Waals surface area contributed by atoms with Crippen LogP contribution in [0.4, 0.5) is 8.78 Å². The third kappa shape index (κ3) is 6.21. The van der Waals surface area contributed by atoms with Gasteiger partial charge in [0.05, 0.1) is 7.11 Å². The lowest BCUT2D eigenvalue weighted by Gasteiger charge is -2.17. The third-order valence-corrected chi connectivity index (χ3v) is 4.07. The fourth-order valence-corrected chi connectivity index (χ4v) is 2.63. The lowest BCUT2D eigenvalue weighted by Crippen LogP contribution is -2.29. The highest BCUT2D eigenvalue weighted by Gasteiger charge is 2.14.